The van der Waals surface area contributed by atoms with Crippen LogP contribution in [0.15, 0.2) is 146 Å². The minimum Gasteiger partial charge on any atom is -0.374 e. The molecular formula is C42H48O8. The summed E-state index contributed by atoms with van der Waals surface area (Å²) in [6.07, 6.45) is -1.17. The first-order valence-electron chi connectivity index (χ1n) is 16.9. The third-order valence-electron chi connectivity index (χ3n) is 8.16. The maximum atomic E-state index is 6.79. The van der Waals surface area contributed by atoms with E-state index in [1.165, 1.54) is 0 Å². The Hall–Kier alpha value is -3.96. The lowest BCUT2D eigenvalue weighted by atomic mass is 9.97. The van der Waals surface area contributed by atoms with Gasteiger partial charge in [0.1, 0.15) is 0 Å². The van der Waals surface area contributed by atoms with Crippen LogP contribution in [-0.2, 0) is 64.3 Å². The quantitative estimate of drug-likeness (QED) is 0.0653. The molecule has 0 saturated carbocycles. The van der Waals surface area contributed by atoms with Crippen molar-refractivity contribution in [2.45, 2.75) is 63.4 Å². The molecular weight excluding hydrogens is 632 g/mol. The SMILES string of the molecule is C=C[C@@H](OCC(=C)COCc1ccccc1)OC1C(OC)OC(COCc2ccccc2)CC1(OCc1ccccc1)OCc1ccccc1. The van der Waals surface area contributed by atoms with Gasteiger partial charge < -0.3 is 37.9 Å². The molecule has 1 fully saturated rings. The standard InChI is InChI=1S/C42H48O8/c1-4-39(46-27-33(2)26-44-28-34-17-9-5-10-18-34)50-40-41(43-3)49-38(32-45-29-35-19-11-6-12-20-35)25-42(40,47-30-36-21-13-7-14-22-36)48-31-37-23-15-8-16-24-37/h4-24,38-41H,1-2,25-32H2,3H3/t38?,39-,40?,41?/m0/s1. The summed E-state index contributed by atoms with van der Waals surface area (Å²) in [7, 11) is 1.57. The first-order chi connectivity index (χ1) is 24.6. The lowest BCUT2D eigenvalue weighted by molar-refractivity contribution is -0.401. The van der Waals surface area contributed by atoms with Crippen molar-refractivity contribution in [3.05, 3.63) is 168 Å². The van der Waals surface area contributed by atoms with Gasteiger partial charge in [-0.05, 0) is 33.9 Å². The van der Waals surface area contributed by atoms with Crippen LogP contribution in [-0.4, -0.2) is 57.5 Å². The predicted molar refractivity (Wildman–Crippen MR) is 192 cm³/mol. The highest BCUT2D eigenvalue weighted by Gasteiger charge is 2.54. The number of ether oxygens (including phenoxy) is 8. The van der Waals surface area contributed by atoms with Crippen molar-refractivity contribution < 1.29 is 37.9 Å². The molecule has 0 aromatic heterocycles. The molecule has 50 heavy (non-hydrogen) atoms. The van der Waals surface area contributed by atoms with E-state index in [9.17, 15) is 0 Å². The molecule has 4 atom stereocenters. The van der Waals surface area contributed by atoms with Gasteiger partial charge >= 0.3 is 0 Å². The van der Waals surface area contributed by atoms with E-state index in [1.54, 1.807) is 13.2 Å². The Bertz CT molecular complexity index is 1490. The van der Waals surface area contributed by atoms with E-state index in [-0.39, 0.29) is 26.4 Å². The fraction of sp³-hybridized carbons (Fsp3) is 0.333. The third-order valence-corrected chi connectivity index (χ3v) is 8.16. The highest BCUT2D eigenvalue weighted by molar-refractivity contribution is 5.16. The lowest BCUT2D eigenvalue weighted by Gasteiger charge is -2.49. The van der Waals surface area contributed by atoms with Crippen molar-refractivity contribution in [1.29, 1.82) is 0 Å². The van der Waals surface area contributed by atoms with E-state index in [4.69, 9.17) is 37.9 Å². The van der Waals surface area contributed by atoms with Crippen LogP contribution in [0.4, 0.5) is 0 Å². The molecule has 0 amide bonds. The van der Waals surface area contributed by atoms with Crippen molar-refractivity contribution in [2.75, 3.05) is 26.9 Å². The average molecular weight is 681 g/mol. The zero-order chi connectivity index (χ0) is 34.9. The van der Waals surface area contributed by atoms with E-state index < -0.39 is 30.6 Å². The summed E-state index contributed by atoms with van der Waals surface area (Å²) in [5.74, 6) is -1.33. The van der Waals surface area contributed by atoms with Crippen LogP contribution in [0.25, 0.3) is 0 Å². The summed E-state index contributed by atoms with van der Waals surface area (Å²) < 4.78 is 50.7. The molecule has 8 heteroatoms. The normalized spacial score (nSPS) is 19.1. The summed E-state index contributed by atoms with van der Waals surface area (Å²) >= 11 is 0. The fourth-order valence-corrected chi connectivity index (χ4v) is 5.60. The van der Waals surface area contributed by atoms with Gasteiger partial charge in [0.05, 0.1) is 52.4 Å². The van der Waals surface area contributed by atoms with Crippen molar-refractivity contribution in [2.24, 2.45) is 0 Å². The van der Waals surface area contributed by atoms with E-state index >= 15 is 0 Å². The Balaban J connectivity index is 1.33. The van der Waals surface area contributed by atoms with Crippen LogP contribution in [0, 0.1) is 0 Å². The predicted octanol–water partition coefficient (Wildman–Crippen LogP) is 7.78. The van der Waals surface area contributed by atoms with Crippen molar-refractivity contribution in [3.8, 4) is 0 Å². The topological polar surface area (TPSA) is 73.8 Å². The Kier molecular flexibility index (Phi) is 14.9. The minimum atomic E-state index is -1.33. The molecule has 1 heterocycles. The number of rotatable bonds is 21. The van der Waals surface area contributed by atoms with Gasteiger partial charge in [-0.3, -0.25) is 0 Å². The number of benzene rings is 4. The molecule has 0 aliphatic carbocycles. The smallest absolute Gasteiger partial charge is 0.203 e. The maximum Gasteiger partial charge on any atom is 0.203 e. The molecule has 4 aromatic carbocycles. The van der Waals surface area contributed by atoms with Crippen LogP contribution >= 0.6 is 0 Å². The second kappa shape index (κ2) is 20.0. The van der Waals surface area contributed by atoms with Gasteiger partial charge in [-0.1, -0.05) is 134 Å². The molecule has 0 spiro atoms. The molecule has 264 valence electrons. The van der Waals surface area contributed by atoms with Crippen molar-refractivity contribution in [3.63, 3.8) is 0 Å². The molecule has 0 bridgehead atoms. The summed E-state index contributed by atoms with van der Waals surface area (Å²) in [4.78, 5) is 0. The summed E-state index contributed by atoms with van der Waals surface area (Å²) in [5.41, 5.74) is 4.87. The maximum absolute atomic E-state index is 6.79. The van der Waals surface area contributed by atoms with Gasteiger partial charge in [-0.15, -0.1) is 0 Å². The van der Waals surface area contributed by atoms with Gasteiger partial charge in [0.25, 0.3) is 0 Å². The van der Waals surface area contributed by atoms with Gasteiger partial charge in [-0.25, -0.2) is 0 Å². The van der Waals surface area contributed by atoms with Gasteiger partial charge in [0.2, 0.25) is 5.79 Å². The van der Waals surface area contributed by atoms with E-state index in [1.807, 2.05) is 121 Å². The van der Waals surface area contributed by atoms with E-state index in [0.717, 1.165) is 27.8 Å². The molecule has 0 N–H and O–H groups in total. The largest absolute Gasteiger partial charge is 0.374 e. The van der Waals surface area contributed by atoms with E-state index in [2.05, 4.69) is 13.2 Å². The van der Waals surface area contributed by atoms with Crippen LogP contribution in [0.5, 0.6) is 0 Å². The third kappa shape index (κ3) is 11.6. The number of hydrogen-bond donors (Lipinski definition) is 0. The average Bonchev–Trinajstić information content (AvgIpc) is 3.17. The zero-order valence-corrected chi connectivity index (χ0v) is 28.8. The van der Waals surface area contributed by atoms with Crippen LogP contribution in [0.2, 0.25) is 0 Å². The van der Waals surface area contributed by atoms with Crippen LogP contribution < -0.4 is 0 Å². The molecule has 8 nitrogen and oxygen atoms in total. The Morgan fingerprint density at radius 2 is 1.20 bits per heavy atom. The first-order valence-corrected chi connectivity index (χ1v) is 16.9. The summed E-state index contributed by atoms with van der Waals surface area (Å²) in [6.45, 7) is 10.4. The first kappa shape index (κ1) is 37.3. The molecule has 5 rings (SSSR count). The van der Waals surface area contributed by atoms with Gasteiger partial charge in [0, 0.05) is 13.5 Å². The zero-order valence-electron chi connectivity index (χ0n) is 28.8. The lowest BCUT2D eigenvalue weighted by Crippen LogP contribution is -2.63. The van der Waals surface area contributed by atoms with Crippen LogP contribution in [0.1, 0.15) is 28.7 Å². The number of hydrogen-bond acceptors (Lipinski definition) is 8. The fourth-order valence-electron chi connectivity index (χ4n) is 5.60. The Morgan fingerprint density at radius 3 is 1.68 bits per heavy atom. The highest BCUT2D eigenvalue weighted by Crippen LogP contribution is 2.39. The summed E-state index contributed by atoms with van der Waals surface area (Å²) in [6, 6.07) is 39.9. The molecule has 1 aliphatic rings. The van der Waals surface area contributed by atoms with Crippen LogP contribution in [0.3, 0.4) is 0 Å². The molecule has 1 aliphatic heterocycles. The second-order valence-corrected chi connectivity index (χ2v) is 12.1. The molecule has 4 aromatic rings. The van der Waals surface area contributed by atoms with Crippen molar-refractivity contribution >= 4 is 0 Å². The minimum absolute atomic E-state index is 0.190. The summed E-state index contributed by atoms with van der Waals surface area (Å²) in [5, 5.41) is 0. The highest BCUT2D eigenvalue weighted by atomic mass is 16.8. The number of methoxy groups -OCH3 is 1. The Labute approximate surface area is 296 Å². The monoisotopic (exact) mass is 680 g/mol. The second-order valence-electron chi connectivity index (χ2n) is 12.1. The molecule has 3 unspecified atom stereocenters. The van der Waals surface area contributed by atoms with Gasteiger partial charge in [0.15, 0.2) is 18.7 Å². The van der Waals surface area contributed by atoms with Gasteiger partial charge in [-0.2, -0.15) is 0 Å². The van der Waals surface area contributed by atoms with E-state index in [0.29, 0.717) is 26.2 Å². The Morgan fingerprint density at radius 1 is 0.720 bits per heavy atom. The molecule has 0 radical (unpaired) electrons. The van der Waals surface area contributed by atoms with Crippen molar-refractivity contribution in [1.82, 2.24) is 0 Å². The molecule has 1 saturated heterocycles.